The molecule has 0 aliphatic carbocycles. The molecule has 0 spiro atoms. The Bertz CT molecular complexity index is 907. The molecule has 0 saturated carbocycles. The highest BCUT2D eigenvalue weighted by Gasteiger charge is 2.23. The Hall–Kier alpha value is -1.86. The fourth-order valence-corrected chi connectivity index (χ4v) is 4.96. The molecular weight excluding hydrogens is 374 g/mol. The van der Waals surface area contributed by atoms with E-state index in [0.29, 0.717) is 34.3 Å². The third-order valence-electron chi connectivity index (χ3n) is 5.57. The van der Waals surface area contributed by atoms with Gasteiger partial charge in [-0.3, -0.25) is 14.2 Å². The van der Waals surface area contributed by atoms with Crippen LogP contribution in [0.25, 0.3) is 10.9 Å². The number of carbonyl (C=O) groups excluding carboxylic acids is 1. The van der Waals surface area contributed by atoms with Crippen molar-refractivity contribution >= 4 is 28.6 Å². The summed E-state index contributed by atoms with van der Waals surface area (Å²) in [6, 6.07) is 7.40. The highest BCUT2D eigenvalue weighted by molar-refractivity contribution is 7.99. The molecule has 2 aliphatic heterocycles. The van der Waals surface area contributed by atoms with Crippen LogP contribution in [0.3, 0.4) is 0 Å². The van der Waals surface area contributed by atoms with Crippen LogP contribution in [0.15, 0.2) is 34.2 Å². The minimum absolute atomic E-state index is 0.0404. The van der Waals surface area contributed by atoms with Crippen LogP contribution < -0.4 is 5.56 Å². The monoisotopic (exact) mass is 401 g/mol. The number of hydrogen-bond acceptors (Lipinski definition) is 5. The number of para-hydroxylation sites is 1. The lowest BCUT2D eigenvalue weighted by molar-refractivity contribution is -0.130. The number of thioether (sulfide) groups is 1. The van der Waals surface area contributed by atoms with Gasteiger partial charge in [0.05, 0.1) is 29.3 Å². The quantitative estimate of drug-likeness (QED) is 0.569. The summed E-state index contributed by atoms with van der Waals surface area (Å²) >= 11 is 1.37. The molecule has 4 rings (SSSR count). The molecule has 0 bridgehead atoms. The fraction of sp³-hybridized carbons (Fsp3) is 0.571. The van der Waals surface area contributed by atoms with Crippen LogP contribution in [0.5, 0.6) is 0 Å². The molecular formula is C21H27N3O3S. The molecule has 1 aromatic heterocycles. The second-order valence-electron chi connectivity index (χ2n) is 7.84. The molecule has 6 nitrogen and oxygen atoms in total. The number of rotatable bonds is 5. The lowest BCUT2D eigenvalue weighted by atomic mass is 10.0. The van der Waals surface area contributed by atoms with Crippen molar-refractivity contribution < 1.29 is 9.53 Å². The van der Waals surface area contributed by atoms with E-state index >= 15 is 0 Å². The van der Waals surface area contributed by atoms with Crippen LogP contribution in [-0.4, -0.2) is 51.9 Å². The van der Waals surface area contributed by atoms with Crippen LogP contribution >= 0.6 is 11.8 Å². The average Bonchev–Trinajstić information content (AvgIpc) is 3.22. The Morgan fingerprint density at radius 2 is 2.14 bits per heavy atom. The van der Waals surface area contributed by atoms with Gasteiger partial charge in [0.2, 0.25) is 5.91 Å². The molecule has 28 heavy (non-hydrogen) atoms. The standard InChI is InChI=1S/C21H27N3O3S/c1-15-6-4-10-23(12-15)19(25)14-28-21-22-18-9-3-2-8-17(18)20(26)24(21)13-16-7-5-11-27-16/h2-3,8-9,15-16H,4-7,10-14H2,1H3/t15-,16-/m1/s1. The van der Waals surface area contributed by atoms with Crippen LogP contribution in [0.4, 0.5) is 0 Å². The summed E-state index contributed by atoms with van der Waals surface area (Å²) in [4.78, 5) is 32.4. The lowest BCUT2D eigenvalue weighted by Crippen LogP contribution is -2.40. The largest absolute Gasteiger partial charge is 0.376 e. The zero-order chi connectivity index (χ0) is 19.5. The third-order valence-corrected chi connectivity index (χ3v) is 6.53. The smallest absolute Gasteiger partial charge is 0.262 e. The van der Waals surface area contributed by atoms with Gasteiger partial charge < -0.3 is 9.64 Å². The number of hydrogen-bond donors (Lipinski definition) is 0. The van der Waals surface area contributed by atoms with Crippen LogP contribution in [0, 0.1) is 5.92 Å². The van der Waals surface area contributed by atoms with Gasteiger partial charge in [-0.05, 0) is 43.7 Å². The maximum atomic E-state index is 13.1. The van der Waals surface area contributed by atoms with Crippen molar-refractivity contribution in [3.8, 4) is 0 Å². The SMILES string of the molecule is C[C@@H]1CCCN(C(=O)CSc2nc3ccccc3c(=O)n2C[C@H]2CCCO2)C1. The minimum atomic E-state index is -0.0531. The van der Waals surface area contributed by atoms with Crippen LogP contribution in [0.1, 0.15) is 32.6 Å². The van der Waals surface area contributed by atoms with E-state index in [1.165, 1.54) is 18.2 Å². The zero-order valence-corrected chi connectivity index (χ0v) is 17.1. The third kappa shape index (κ3) is 4.25. The molecule has 0 radical (unpaired) electrons. The van der Waals surface area contributed by atoms with E-state index in [9.17, 15) is 9.59 Å². The molecule has 0 unspecified atom stereocenters. The van der Waals surface area contributed by atoms with Crippen LogP contribution in [-0.2, 0) is 16.1 Å². The molecule has 1 amide bonds. The van der Waals surface area contributed by atoms with Gasteiger partial charge in [0.25, 0.3) is 5.56 Å². The molecule has 0 N–H and O–H groups in total. The fourth-order valence-electron chi connectivity index (χ4n) is 4.04. The molecule has 2 atom stereocenters. The second kappa shape index (κ2) is 8.66. The normalized spacial score (nSPS) is 22.7. The summed E-state index contributed by atoms with van der Waals surface area (Å²) < 4.78 is 7.44. The number of nitrogens with zero attached hydrogens (tertiary/aromatic N) is 3. The predicted molar refractivity (Wildman–Crippen MR) is 111 cm³/mol. The first-order valence-corrected chi connectivity index (χ1v) is 11.1. The molecule has 7 heteroatoms. The van der Waals surface area contributed by atoms with Crippen molar-refractivity contribution in [2.45, 2.75) is 50.4 Å². The Balaban J connectivity index is 1.57. The van der Waals surface area contributed by atoms with Crippen molar-refractivity contribution in [3.05, 3.63) is 34.6 Å². The van der Waals surface area contributed by atoms with Crippen molar-refractivity contribution in [1.29, 1.82) is 0 Å². The Morgan fingerprint density at radius 1 is 1.29 bits per heavy atom. The van der Waals surface area contributed by atoms with E-state index in [1.54, 1.807) is 4.57 Å². The average molecular weight is 402 g/mol. The maximum absolute atomic E-state index is 13.1. The van der Waals surface area contributed by atoms with E-state index in [4.69, 9.17) is 9.72 Å². The number of fused-ring (bicyclic) bond motifs is 1. The van der Waals surface area contributed by atoms with Crippen molar-refractivity contribution in [1.82, 2.24) is 14.5 Å². The van der Waals surface area contributed by atoms with Gasteiger partial charge >= 0.3 is 0 Å². The number of carbonyl (C=O) groups is 1. The summed E-state index contributed by atoms with van der Waals surface area (Å²) in [5.74, 6) is 0.991. The van der Waals surface area contributed by atoms with Gasteiger partial charge in [-0.25, -0.2) is 4.98 Å². The lowest BCUT2D eigenvalue weighted by Gasteiger charge is -2.30. The molecule has 150 valence electrons. The summed E-state index contributed by atoms with van der Waals surface area (Å²) in [7, 11) is 0. The summed E-state index contributed by atoms with van der Waals surface area (Å²) in [6.07, 6.45) is 4.26. The number of likely N-dealkylation sites (tertiary alicyclic amines) is 1. The van der Waals surface area contributed by atoms with Gasteiger partial charge in [-0.15, -0.1) is 0 Å². The summed E-state index contributed by atoms with van der Waals surface area (Å²) in [6.45, 7) is 5.09. The maximum Gasteiger partial charge on any atom is 0.262 e. The first kappa shape index (κ1) is 19.5. The molecule has 1 aromatic carbocycles. The Morgan fingerprint density at radius 3 is 2.93 bits per heavy atom. The number of benzene rings is 1. The van der Waals surface area contributed by atoms with Crippen LogP contribution in [0.2, 0.25) is 0 Å². The van der Waals surface area contributed by atoms with Gasteiger partial charge in [0.15, 0.2) is 5.16 Å². The zero-order valence-electron chi connectivity index (χ0n) is 16.3. The van der Waals surface area contributed by atoms with E-state index in [2.05, 4.69) is 6.92 Å². The molecule has 2 fully saturated rings. The molecule has 2 aromatic rings. The predicted octanol–water partition coefficient (Wildman–Crippen LogP) is 2.93. The number of amides is 1. The summed E-state index contributed by atoms with van der Waals surface area (Å²) in [5, 5.41) is 1.22. The highest BCUT2D eigenvalue weighted by atomic mass is 32.2. The van der Waals surface area contributed by atoms with Crippen molar-refractivity contribution in [2.75, 3.05) is 25.4 Å². The first-order chi connectivity index (χ1) is 13.6. The van der Waals surface area contributed by atoms with Gasteiger partial charge in [0.1, 0.15) is 0 Å². The van der Waals surface area contributed by atoms with Crippen molar-refractivity contribution in [2.24, 2.45) is 5.92 Å². The van der Waals surface area contributed by atoms with Gasteiger partial charge in [0, 0.05) is 19.7 Å². The Labute approximate surface area is 169 Å². The van der Waals surface area contributed by atoms with E-state index in [-0.39, 0.29) is 17.6 Å². The van der Waals surface area contributed by atoms with E-state index in [1.807, 2.05) is 29.2 Å². The first-order valence-electron chi connectivity index (χ1n) is 10.1. The second-order valence-corrected chi connectivity index (χ2v) is 8.78. The van der Waals surface area contributed by atoms with E-state index < -0.39 is 0 Å². The minimum Gasteiger partial charge on any atom is -0.376 e. The Kier molecular flexibility index (Phi) is 6.01. The molecule has 2 saturated heterocycles. The topological polar surface area (TPSA) is 64.4 Å². The summed E-state index contributed by atoms with van der Waals surface area (Å²) in [5.41, 5.74) is 0.625. The number of piperidine rings is 1. The molecule has 2 aliphatic rings. The highest BCUT2D eigenvalue weighted by Crippen LogP contribution is 2.22. The molecule has 3 heterocycles. The van der Waals surface area contributed by atoms with Gasteiger partial charge in [-0.2, -0.15) is 0 Å². The van der Waals surface area contributed by atoms with Gasteiger partial charge in [-0.1, -0.05) is 30.8 Å². The number of ether oxygens (including phenoxy) is 1. The van der Waals surface area contributed by atoms with E-state index in [0.717, 1.165) is 39.0 Å². The van der Waals surface area contributed by atoms with Crippen molar-refractivity contribution in [3.63, 3.8) is 0 Å². The number of aromatic nitrogens is 2.